The molecule has 2 rings (SSSR count). The van der Waals surface area contributed by atoms with Gasteiger partial charge in [0.2, 0.25) is 0 Å². The van der Waals surface area contributed by atoms with Gasteiger partial charge < -0.3 is 15.3 Å². The largest absolute Gasteiger partial charge is 0.480 e. The van der Waals surface area contributed by atoms with Crippen LogP contribution in [0.15, 0.2) is 6.20 Å². The van der Waals surface area contributed by atoms with Crippen molar-refractivity contribution in [1.82, 2.24) is 15.2 Å². The van der Waals surface area contributed by atoms with Crippen LogP contribution in [-0.2, 0) is 11.2 Å². The van der Waals surface area contributed by atoms with Crippen molar-refractivity contribution >= 4 is 23.3 Å². The fourth-order valence-electron chi connectivity index (χ4n) is 1.91. The lowest BCUT2D eigenvalue weighted by molar-refractivity contribution is -0.137. The average Bonchev–Trinajstić information content (AvgIpc) is 3.11. The minimum absolute atomic E-state index is 0.0702. The molecule has 1 aliphatic carbocycles. The molecule has 110 valence electrons. The molecule has 1 saturated carbocycles. The van der Waals surface area contributed by atoms with Gasteiger partial charge in [-0.2, -0.15) is 0 Å². The van der Waals surface area contributed by atoms with Gasteiger partial charge in [0.05, 0.1) is 6.04 Å². The first kappa shape index (κ1) is 14.8. The van der Waals surface area contributed by atoms with Crippen LogP contribution in [0, 0.1) is 0 Å². The van der Waals surface area contributed by atoms with E-state index in [1.54, 1.807) is 11.3 Å². The van der Waals surface area contributed by atoms with Gasteiger partial charge in [-0.3, -0.25) is 4.79 Å². The van der Waals surface area contributed by atoms with Crippen LogP contribution >= 0.6 is 11.3 Å². The smallest absolute Gasteiger partial charge is 0.323 e. The molecule has 1 aromatic rings. The molecule has 1 atom stereocenters. The Balaban J connectivity index is 1.96. The third-order valence-corrected chi connectivity index (χ3v) is 4.51. The number of aromatic nitrogens is 1. The van der Waals surface area contributed by atoms with E-state index in [0.29, 0.717) is 0 Å². The second kappa shape index (κ2) is 6.21. The molecule has 2 N–H and O–H groups in total. The van der Waals surface area contributed by atoms with Crippen LogP contribution in [0.1, 0.15) is 42.6 Å². The predicted octanol–water partition coefficient (Wildman–Crippen LogP) is 2.03. The Kier molecular flexibility index (Phi) is 4.59. The number of carbonyl (C=O) groups excluding carboxylic acids is 1. The zero-order valence-electron chi connectivity index (χ0n) is 11.6. The van der Waals surface area contributed by atoms with Crippen molar-refractivity contribution in [3.63, 3.8) is 0 Å². The zero-order chi connectivity index (χ0) is 14.7. The summed E-state index contributed by atoms with van der Waals surface area (Å²) in [5.74, 6) is -0.984. The number of carboxylic acids is 1. The highest BCUT2D eigenvalue weighted by Crippen LogP contribution is 2.27. The highest BCUT2D eigenvalue weighted by molar-refractivity contribution is 7.11. The van der Waals surface area contributed by atoms with E-state index < -0.39 is 5.97 Å². The van der Waals surface area contributed by atoms with Crippen molar-refractivity contribution in [2.24, 2.45) is 0 Å². The van der Waals surface area contributed by atoms with Crippen LogP contribution in [0.25, 0.3) is 0 Å². The first-order chi connectivity index (χ1) is 9.51. The summed E-state index contributed by atoms with van der Waals surface area (Å²) in [6.45, 7) is 3.67. The summed E-state index contributed by atoms with van der Waals surface area (Å²) in [7, 11) is 0. The molecule has 20 heavy (non-hydrogen) atoms. The highest BCUT2D eigenvalue weighted by Gasteiger charge is 2.34. The molecule has 1 heterocycles. The lowest BCUT2D eigenvalue weighted by atomic mass is 10.3. The number of aliphatic carboxylic acids is 1. The molecule has 0 spiro atoms. The molecule has 1 aromatic heterocycles. The molecule has 0 bridgehead atoms. The van der Waals surface area contributed by atoms with Gasteiger partial charge in [-0.15, -0.1) is 11.3 Å². The molecule has 6 nitrogen and oxygen atoms in total. The van der Waals surface area contributed by atoms with Gasteiger partial charge in [0.15, 0.2) is 0 Å². The fourth-order valence-corrected chi connectivity index (χ4v) is 2.77. The SMILES string of the molecule is CCc1cnc(C(C)NC(=O)N(CC(=O)O)C2CC2)s1. The third-order valence-electron chi connectivity index (χ3n) is 3.18. The summed E-state index contributed by atoms with van der Waals surface area (Å²) in [6, 6.07) is -0.459. The molecule has 1 aliphatic rings. The van der Waals surface area contributed by atoms with Crippen LogP contribution in [0.5, 0.6) is 0 Å². The summed E-state index contributed by atoms with van der Waals surface area (Å²) in [4.78, 5) is 29.8. The lowest BCUT2D eigenvalue weighted by Crippen LogP contribution is -2.44. The first-order valence-electron chi connectivity index (χ1n) is 6.74. The van der Waals surface area contributed by atoms with Crippen LogP contribution in [0.4, 0.5) is 4.79 Å². The van der Waals surface area contributed by atoms with E-state index in [1.807, 2.05) is 13.1 Å². The van der Waals surface area contributed by atoms with E-state index in [1.165, 1.54) is 9.78 Å². The molecule has 7 heteroatoms. The maximum Gasteiger partial charge on any atom is 0.323 e. The average molecular weight is 297 g/mol. The van der Waals surface area contributed by atoms with Gasteiger partial charge in [0.1, 0.15) is 11.6 Å². The van der Waals surface area contributed by atoms with Crippen LogP contribution in [0.2, 0.25) is 0 Å². The van der Waals surface area contributed by atoms with E-state index >= 15 is 0 Å². The van der Waals surface area contributed by atoms with Gasteiger partial charge in [-0.25, -0.2) is 9.78 Å². The van der Waals surface area contributed by atoms with Crippen LogP contribution in [0.3, 0.4) is 0 Å². The Hall–Kier alpha value is -1.63. The number of nitrogens with one attached hydrogen (secondary N) is 1. The van der Waals surface area contributed by atoms with Crippen molar-refractivity contribution in [3.8, 4) is 0 Å². The summed E-state index contributed by atoms with van der Waals surface area (Å²) < 4.78 is 0. The van der Waals surface area contributed by atoms with Gasteiger partial charge in [-0.1, -0.05) is 6.92 Å². The van der Waals surface area contributed by atoms with Crippen molar-refractivity contribution in [2.45, 2.75) is 45.2 Å². The summed E-state index contributed by atoms with van der Waals surface area (Å²) >= 11 is 1.57. The number of amides is 2. The second-order valence-electron chi connectivity index (χ2n) is 4.94. The van der Waals surface area contributed by atoms with Crippen LogP contribution in [-0.4, -0.2) is 39.6 Å². The van der Waals surface area contributed by atoms with E-state index in [0.717, 1.165) is 24.3 Å². The Labute approximate surface area is 121 Å². The Morgan fingerprint density at radius 3 is 2.80 bits per heavy atom. The quantitative estimate of drug-likeness (QED) is 0.841. The Bertz CT molecular complexity index is 499. The van der Waals surface area contributed by atoms with Crippen LogP contribution < -0.4 is 5.32 Å². The molecule has 0 aliphatic heterocycles. The van der Waals surface area contributed by atoms with Gasteiger partial charge in [0, 0.05) is 17.1 Å². The van der Waals surface area contributed by atoms with E-state index in [4.69, 9.17) is 5.11 Å². The monoisotopic (exact) mass is 297 g/mol. The minimum atomic E-state index is -0.984. The fraction of sp³-hybridized carbons (Fsp3) is 0.615. The molecular formula is C13H19N3O3S. The van der Waals surface area contributed by atoms with Crippen molar-refractivity contribution in [3.05, 3.63) is 16.1 Å². The number of carboxylic acid groups (broad SMARTS) is 1. The second-order valence-corrected chi connectivity index (χ2v) is 6.09. The maximum atomic E-state index is 12.1. The zero-order valence-corrected chi connectivity index (χ0v) is 12.4. The number of aryl methyl sites for hydroxylation is 1. The van der Waals surface area contributed by atoms with E-state index in [-0.39, 0.29) is 24.7 Å². The van der Waals surface area contributed by atoms with Crippen molar-refractivity contribution < 1.29 is 14.7 Å². The van der Waals surface area contributed by atoms with Gasteiger partial charge in [-0.05, 0) is 26.2 Å². The molecule has 1 fully saturated rings. The number of rotatable bonds is 6. The Morgan fingerprint density at radius 2 is 2.30 bits per heavy atom. The standard InChI is InChI=1S/C13H19N3O3S/c1-3-10-6-14-12(20-10)8(2)15-13(19)16(7-11(17)18)9-4-5-9/h6,8-9H,3-5,7H2,1-2H3,(H,15,19)(H,17,18). The molecule has 1 unspecified atom stereocenters. The minimum Gasteiger partial charge on any atom is -0.480 e. The van der Waals surface area contributed by atoms with E-state index in [9.17, 15) is 9.59 Å². The summed E-state index contributed by atoms with van der Waals surface area (Å²) in [5.41, 5.74) is 0. The lowest BCUT2D eigenvalue weighted by Gasteiger charge is -2.22. The number of thiazole rings is 1. The topological polar surface area (TPSA) is 82.5 Å². The number of carbonyl (C=O) groups is 2. The molecule has 0 saturated heterocycles. The summed E-state index contributed by atoms with van der Waals surface area (Å²) in [5, 5.41) is 12.5. The molecular weight excluding hydrogens is 278 g/mol. The molecule has 0 radical (unpaired) electrons. The Morgan fingerprint density at radius 1 is 1.60 bits per heavy atom. The number of hydrogen-bond donors (Lipinski definition) is 2. The van der Waals surface area contributed by atoms with Gasteiger partial charge in [0.25, 0.3) is 0 Å². The van der Waals surface area contributed by atoms with E-state index in [2.05, 4.69) is 17.2 Å². The van der Waals surface area contributed by atoms with Crippen molar-refractivity contribution in [1.29, 1.82) is 0 Å². The molecule has 0 aromatic carbocycles. The van der Waals surface area contributed by atoms with Gasteiger partial charge >= 0.3 is 12.0 Å². The van der Waals surface area contributed by atoms with Crippen molar-refractivity contribution in [2.75, 3.05) is 6.54 Å². The number of urea groups is 1. The molecule has 2 amide bonds. The highest BCUT2D eigenvalue weighted by atomic mass is 32.1. The normalized spacial score (nSPS) is 15.7. The third kappa shape index (κ3) is 3.69. The maximum absolute atomic E-state index is 12.1. The predicted molar refractivity (Wildman–Crippen MR) is 75.8 cm³/mol. The summed E-state index contributed by atoms with van der Waals surface area (Å²) in [6.07, 6.45) is 4.50. The first-order valence-corrected chi connectivity index (χ1v) is 7.56. The number of nitrogens with zero attached hydrogens (tertiary/aromatic N) is 2. The number of hydrogen-bond acceptors (Lipinski definition) is 4.